The number of nitrogens with zero attached hydrogens (tertiary/aromatic N) is 1. The molecule has 1 aromatic heterocycles. The smallest absolute Gasteiger partial charge is 0.308 e. The molecule has 1 heterocycles. The number of benzene rings is 2. The molecule has 1 N–H and O–H groups in total. The molecule has 0 saturated heterocycles. The second kappa shape index (κ2) is 8.69. The first kappa shape index (κ1) is 20.9. The summed E-state index contributed by atoms with van der Waals surface area (Å²) in [4.78, 5) is 25.7. The minimum Gasteiger partial charge on any atom is -0.347 e. The number of hydrogen-bond donors (Lipinski definition) is 1. The quantitative estimate of drug-likeness (QED) is 0.635. The van der Waals surface area contributed by atoms with Crippen molar-refractivity contribution in [3.8, 4) is 11.3 Å². The average molecular weight is 416 g/mol. The predicted molar refractivity (Wildman–Crippen MR) is 111 cm³/mol. The number of aromatic nitrogens is 1. The number of rotatable bonds is 6. The zero-order chi connectivity index (χ0) is 21.1. The summed E-state index contributed by atoms with van der Waals surface area (Å²) in [6, 6.07) is 11.5. The first-order chi connectivity index (χ1) is 13.8. The molecule has 0 saturated carbocycles. The number of aryl methyl sites for hydroxylation is 1. The van der Waals surface area contributed by atoms with E-state index in [1.54, 1.807) is 31.2 Å². The highest BCUT2D eigenvalue weighted by Gasteiger charge is 2.21. The number of carbonyl (C=O) groups is 1. The van der Waals surface area contributed by atoms with Crippen LogP contribution in [0.4, 0.5) is 8.78 Å². The minimum absolute atomic E-state index is 0.0712. The van der Waals surface area contributed by atoms with Gasteiger partial charge in [-0.15, -0.1) is 0 Å². The van der Waals surface area contributed by atoms with E-state index in [2.05, 4.69) is 5.32 Å². The summed E-state index contributed by atoms with van der Waals surface area (Å²) >= 11 is 1.05. The molecule has 0 aliphatic rings. The van der Waals surface area contributed by atoms with Gasteiger partial charge in [0.15, 0.2) is 0 Å². The molecule has 0 aliphatic carbocycles. The Kier molecular flexibility index (Phi) is 6.27. The van der Waals surface area contributed by atoms with Crippen molar-refractivity contribution < 1.29 is 13.6 Å². The summed E-state index contributed by atoms with van der Waals surface area (Å²) < 4.78 is 27.9. The third-order valence-electron chi connectivity index (χ3n) is 4.70. The van der Waals surface area contributed by atoms with Gasteiger partial charge in [0, 0.05) is 4.88 Å². The van der Waals surface area contributed by atoms with Crippen molar-refractivity contribution in [3.63, 3.8) is 0 Å². The van der Waals surface area contributed by atoms with Gasteiger partial charge < -0.3 is 5.32 Å². The Bertz CT molecular complexity index is 1050. The van der Waals surface area contributed by atoms with Crippen molar-refractivity contribution in [3.05, 3.63) is 80.3 Å². The van der Waals surface area contributed by atoms with Crippen LogP contribution < -0.4 is 10.2 Å². The van der Waals surface area contributed by atoms with Crippen LogP contribution in [0.5, 0.6) is 0 Å². The number of halogens is 2. The third-order valence-corrected chi connectivity index (χ3v) is 5.59. The molecule has 0 bridgehead atoms. The summed E-state index contributed by atoms with van der Waals surface area (Å²) in [6.07, 6.45) is 0. The molecule has 29 heavy (non-hydrogen) atoms. The maximum atomic E-state index is 13.3. The number of thiazole rings is 1. The van der Waals surface area contributed by atoms with Crippen LogP contribution >= 0.6 is 11.3 Å². The molecule has 7 heteroatoms. The molecule has 3 rings (SSSR count). The van der Waals surface area contributed by atoms with Gasteiger partial charge in [0.1, 0.15) is 18.2 Å². The van der Waals surface area contributed by atoms with E-state index in [-0.39, 0.29) is 40.9 Å². The molecule has 152 valence electrons. The molecular formula is C22H22F2N2O2S. The summed E-state index contributed by atoms with van der Waals surface area (Å²) in [5.74, 6) is -0.961. The SMILES string of the molecule is Cc1sc(=O)n(CC(=O)N[C@@H](c2ccc(F)cc2)C(C)C)c1-c1ccc(F)cc1. The molecule has 0 unspecified atom stereocenters. The Balaban J connectivity index is 1.86. The molecule has 0 fully saturated rings. The van der Waals surface area contributed by atoms with E-state index in [4.69, 9.17) is 0 Å². The summed E-state index contributed by atoms with van der Waals surface area (Å²) in [7, 11) is 0. The average Bonchev–Trinajstić information content (AvgIpc) is 2.94. The van der Waals surface area contributed by atoms with Crippen LogP contribution in [0.2, 0.25) is 0 Å². The van der Waals surface area contributed by atoms with Crippen molar-refractivity contribution >= 4 is 17.2 Å². The van der Waals surface area contributed by atoms with Gasteiger partial charge in [0.25, 0.3) is 0 Å². The molecule has 1 atom stereocenters. The molecule has 0 aliphatic heterocycles. The second-order valence-corrected chi connectivity index (χ2v) is 8.37. The van der Waals surface area contributed by atoms with Gasteiger partial charge in [-0.2, -0.15) is 0 Å². The highest BCUT2D eigenvalue weighted by molar-refractivity contribution is 7.09. The third kappa shape index (κ3) is 4.79. The summed E-state index contributed by atoms with van der Waals surface area (Å²) in [5.41, 5.74) is 2.08. The van der Waals surface area contributed by atoms with E-state index in [9.17, 15) is 18.4 Å². The van der Waals surface area contributed by atoms with Gasteiger partial charge in [-0.3, -0.25) is 14.2 Å². The maximum absolute atomic E-state index is 13.3. The van der Waals surface area contributed by atoms with Crippen LogP contribution in [0.3, 0.4) is 0 Å². The highest BCUT2D eigenvalue weighted by Crippen LogP contribution is 2.26. The summed E-state index contributed by atoms with van der Waals surface area (Å²) in [5, 5.41) is 2.95. The molecule has 1 amide bonds. The lowest BCUT2D eigenvalue weighted by Gasteiger charge is -2.23. The van der Waals surface area contributed by atoms with Crippen LogP contribution in [0.15, 0.2) is 53.3 Å². The molecule has 0 radical (unpaired) electrons. The van der Waals surface area contributed by atoms with Crippen molar-refractivity contribution in [2.75, 3.05) is 0 Å². The van der Waals surface area contributed by atoms with Crippen LogP contribution in [0.1, 0.15) is 30.3 Å². The maximum Gasteiger partial charge on any atom is 0.308 e. The van der Waals surface area contributed by atoms with Crippen LogP contribution in [0.25, 0.3) is 11.3 Å². The molecule has 2 aromatic carbocycles. The summed E-state index contributed by atoms with van der Waals surface area (Å²) in [6.45, 7) is 5.56. The van der Waals surface area contributed by atoms with E-state index in [0.29, 0.717) is 11.3 Å². The Labute approximate surface area is 171 Å². The Morgan fingerprint density at radius 3 is 2.14 bits per heavy atom. The molecule has 3 aromatic rings. The van der Waals surface area contributed by atoms with Crippen molar-refractivity contribution in [2.24, 2.45) is 5.92 Å². The van der Waals surface area contributed by atoms with Gasteiger partial charge in [-0.05, 0) is 60.4 Å². The van der Waals surface area contributed by atoms with E-state index in [1.807, 2.05) is 13.8 Å². The zero-order valence-corrected chi connectivity index (χ0v) is 17.2. The fourth-order valence-corrected chi connectivity index (χ4v) is 4.15. The molecular weight excluding hydrogens is 394 g/mol. The fraction of sp³-hybridized carbons (Fsp3) is 0.273. The van der Waals surface area contributed by atoms with Gasteiger partial charge in [0.2, 0.25) is 5.91 Å². The van der Waals surface area contributed by atoms with Crippen LogP contribution in [-0.4, -0.2) is 10.5 Å². The van der Waals surface area contributed by atoms with Gasteiger partial charge in [-0.1, -0.05) is 37.3 Å². The lowest BCUT2D eigenvalue weighted by molar-refractivity contribution is -0.122. The standard InChI is InChI=1S/C22H22F2N2O2S/c1-13(2)20(15-4-8-17(23)9-5-15)25-19(27)12-26-21(14(3)29-22(26)28)16-6-10-18(24)11-7-16/h4-11,13,20H,12H2,1-3H3,(H,25,27)/t20-/m1/s1. The van der Waals surface area contributed by atoms with E-state index >= 15 is 0 Å². The lowest BCUT2D eigenvalue weighted by atomic mass is 9.96. The fourth-order valence-electron chi connectivity index (χ4n) is 3.29. The minimum atomic E-state index is -0.368. The van der Waals surface area contributed by atoms with Gasteiger partial charge in [-0.25, -0.2) is 8.78 Å². The Morgan fingerprint density at radius 1 is 1.03 bits per heavy atom. The van der Waals surface area contributed by atoms with Gasteiger partial charge in [0.05, 0.1) is 11.7 Å². The highest BCUT2D eigenvalue weighted by atomic mass is 32.1. The first-order valence-corrected chi connectivity index (χ1v) is 10.1. The normalized spacial score (nSPS) is 12.2. The van der Waals surface area contributed by atoms with Crippen LogP contribution in [0, 0.1) is 24.5 Å². The van der Waals surface area contributed by atoms with E-state index in [1.165, 1.54) is 28.8 Å². The topological polar surface area (TPSA) is 51.1 Å². The number of amides is 1. The van der Waals surface area contributed by atoms with Crippen molar-refractivity contribution in [2.45, 2.75) is 33.4 Å². The Morgan fingerprint density at radius 2 is 1.59 bits per heavy atom. The van der Waals surface area contributed by atoms with Crippen LogP contribution in [-0.2, 0) is 11.3 Å². The Hall–Kier alpha value is -2.80. The monoisotopic (exact) mass is 416 g/mol. The zero-order valence-electron chi connectivity index (χ0n) is 16.4. The van der Waals surface area contributed by atoms with Gasteiger partial charge >= 0.3 is 4.87 Å². The second-order valence-electron chi connectivity index (χ2n) is 7.21. The first-order valence-electron chi connectivity index (χ1n) is 9.27. The number of hydrogen-bond acceptors (Lipinski definition) is 3. The number of nitrogens with one attached hydrogen (secondary N) is 1. The predicted octanol–water partition coefficient (Wildman–Crippen LogP) is 4.68. The van der Waals surface area contributed by atoms with E-state index in [0.717, 1.165) is 21.8 Å². The lowest BCUT2D eigenvalue weighted by Crippen LogP contribution is -2.36. The molecule has 4 nitrogen and oxygen atoms in total. The molecule has 0 spiro atoms. The van der Waals surface area contributed by atoms with Crippen molar-refractivity contribution in [1.29, 1.82) is 0 Å². The van der Waals surface area contributed by atoms with E-state index < -0.39 is 0 Å². The largest absolute Gasteiger partial charge is 0.347 e. The van der Waals surface area contributed by atoms with Crippen molar-refractivity contribution in [1.82, 2.24) is 9.88 Å². The number of carbonyl (C=O) groups excluding carboxylic acids is 1.